The molecule has 0 atom stereocenters. The summed E-state index contributed by atoms with van der Waals surface area (Å²) in [5.74, 6) is -1.14. The Kier molecular flexibility index (Phi) is 7.02. The third kappa shape index (κ3) is 5.16. The van der Waals surface area contributed by atoms with Crippen LogP contribution in [0.2, 0.25) is 0 Å². The summed E-state index contributed by atoms with van der Waals surface area (Å²) in [6.45, 7) is 3.78. The van der Waals surface area contributed by atoms with E-state index in [4.69, 9.17) is 4.74 Å². The number of methoxy groups -OCH3 is 1. The van der Waals surface area contributed by atoms with Gasteiger partial charge in [0.1, 0.15) is 0 Å². The van der Waals surface area contributed by atoms with Crippen LogP contribution in [-0.2, 0) is 14.3 Å². The summed E-state index contributed by atoms with van der Waals surface area (Å²) in [6, 6.07) is 4.56. The highest BCUT2D eigenvalue weighted by molar-refractivity contribution is 6.01. The molecule has 22 heavy (non-hydrogen) atoms. The highest BCUT2D eigenvalue weighted by atomic mass is 16.5. The van der Waals surface area contributed by atoms with Crippen LogP contribution in [0.1, 0.15) is 53.0 Å². The van der Waals surface area contributed by atoms with Crippen molar-refractivity contribution < 1.29 is 23.9 Å². The van der Waals surface area contributed by atoms with E-state index in [0.717, 1.165) is 12.8 Å². The van der Waals surface area contributed by atoms with Gasteiger partial charge >= 0.3 is 11.9 Å². The van der Waals surface area contributed by atoms with Gasteiger partial charge in [0.2, 0.25) is 0 Å². The Morgan fingerprint density at radius 2 is 1.95 bits per heavy atom. The fourth-order valence-corrected chi connectivity index (χ4v) is 1.79. The molecule has 0 aliphatic rings. The first-order valence-electron chi connectivity index (χ1n) is 7.07. The number of rotatable bonds is 7. The zero-order valence-electron chi connectivity index (χ0n) is 13.0. The molecule has 1 aromatic carbocycles. The summed E-state index contributed by atoms with van der Waals surface area (Å²) in [6.07, 6.45) is 4.46. The van der Waals surface area contributed by atoms with Crippen molar-refractivity contribution in [2.45, 2.75) is 26.7 Å². The van der Waals surface area contributed by atoms with Crippen molar-refractivity contribution in [2.24, 2.45) is 0 Å². The summed E-state index contributed by atoms with van der Waals surface area (Å²) >= 11 is 0. The number of carbonyl (C=O) groups excluding carboxylic acids is 3. The Hall–Kier alpha value is -2.43. The highest BCUT2D eigenvalue weighted by Gasteiger charge is 2.11. The van der Waals surface area contributed by atoms with Gasteiger partial charge in [0.25, 0.3) is 0 Å². The smallest absolute Gasteiger partial charge is 0.337 e. The van der Waals surface area contributed by atoms with Crippen molar-refractivity contribution in [3.8, 4) is 0 Å². The average Bonchev–Trinajstić information content (AvgIpc) is 2.51. The quantitative estimate of drug-likeness (QED) is 0.335. The van der Waals surface area contributed by atoms with E-state index in [-0.39, 0.29) is 5.78 Å². The van der Waals surface area contributed by atoms with Gasteiger partial charge in [-0.15, -0.1) is 0 Å². The van der Waals surface area contributed by atoms with Crippen molar-refractivity contribution in [3.63, 3.8) is 0 Å². The second-order valence-corrected chi connectivity index (χ2v) is 4.70. The maximum absolute atomic E-state index is 11.6. The van der Waals surface area contributed by atoms with Crippen LogP contribution < -0.4 is 0 Å². The molecule has 0 N–H and O–H groups in total. The summed E-state index contributed by atoms with van der Waals surface area (Å²) in [5.41, 5.74) is 1.21. The third-order valence-electron chi connectivity index (χ3n) is 2.99. The number of ketones is 1. The van der Waals surface area contributed by atoms with Gasteiger partial charge in [-0.2, -0.15) is 0 Å². The van der Waals surface area contributed by atoms with E-state index in [2.05, 4.69) is 4.74 Å². The molecule has 0 bridgehead atoms. The molecule has 0 unspecified atom stereocenters. The Bertz CT molecular complexity index is 587. The van der Waals surface area contributed by atoms with E-state index in [1.54, 1.807) is 0 Å². The van der Waals surface area contributed by atoms with Gasteiger partial charge in [0, 0.05) is 11.6 Å². The van der Waals surface area contributed by atoms with E-state index in [0.29, 0.717) is 23.3 Å². The SMILES string of the molecule is CCCCOC(=O)/C=C/c1cc(C(=O)OC)ccc1C(C)=O. The van der Waals surface area contributed by atoms with Crippen molar-refractivity contribution in [2.75, 3.05) is 13.7 Å². The average molecular weight is 304 g/mol. The summed E-state index contributed by atoms with van der Waals surface area (Å²) in [5, 5.41) is 0. The molecule has 1 rings (SSSR count). The maximum atomic E-state index is 11.6. The number of esters is 2. The zero-order valence-corrected chi connectivity index (χ0v) is 13.0. The Labute approximate surface area is 129 Å². The third-order valence-corrected chi connectivity index (χ3v) is 2.99. The lowest BCUT2D eigenvalue weighted by molar-refractivity contribution is -0.137. The number of benzene rings is 1. The van der Waals surface area contributed by atoms with E-state index >= 15 is 0 Å². The summed E-state index contributed by atoms with van der Waals surface area (Å²) < 4.78 is 9.64. The number of hydrogen-bond donors (Lipinski definition) is 0. The Balaban J connectivity index is 2.97. The lowest BCUT2D eigenvalue weighted by Gasteiger charge is -2.06. The first-order valence-corrected chi connectivity index (χ1v) is 7.07. The van der Waals surface area contributed by atoms with E-state index in [1.807, 2.05) is 6.92 Å². The predicted molar refractivity (Wildman–Crippen MR) is 82.7 cm³/mol. The van der Waals surface area contributed by atoms with Crippen LogP contribution in [0.15, 0.2) is 24.3 Å². The minimum absolute atomic E-state index is 0.157. The van der Waals surface area contributed by atoms with E-state index < -0.39 is 11.9 Å². The van der Waals surface area contributed by atoms with E-state index in [9.17, 15) is 14.4 Å². The number of unbranched alkanes of at least 4 members (excludes halogenated alkanes) is 1. The molecule has 118 valence electrons. The lowest BCUT2D eigenvalue weighted by atomic mass is 10.0. The fraction of sp³-hybridized carbons (Fsp3) is 0.353. The molecule has 0 saturated carbocycles. The van der Waals surface area contributed by atoms with Crippen LogP contribution in [0.3, 0.4) is 0 Å². The van der Waals surface area contributed by atoms with Crippen LogP contribution in [0.25, 0.3) is 6.08 Å². The molecule has 1 aromatic rings. The zero-order chi connectivity index (χ0) is 16.5. The highest BCUT2D eigenvalue weighted by Crippen LogP contribution is 2.16. The second-order valence-electron chi connectivity index (χ2n) is 4.70. The molecule has 0 amide bonds. The van der Waals surface area contributed by atoms with Gasteiger partial charge in [-0.1, -0.05) is 13.3 Å². The molecule has 0 radical (unpaired) electrons. The van der Waals surface area contributed by atoms with Crippen LogP contribution in [-0.4, -0.2) is 31.4 Å². The monoisotopic (exact) mass is 304 g/mol. The van der Waals surface area contributed by atoms with Crippen LogP contribution in [0.4, 0.5) is 0 Å². The number of ether oxygens (including phenoxy) is 2. The van der Waals surface area contributed by atoms with Crippen LogP contribution >= 0.6 is 0 Å². The molecular weight excluding hydrogens is 284 g/mol. The van der Waals surface area contributed by atoms with E-state index in [1.165, 1.54) is 44.4 Å². The van der Waals surface area contributed by atoms with Crippen LogP contribution in [0.5, 0.6) is 0 Å². The molecule has 0 spiro atoms. The van der Waals surface area contributed by atoms with Crippen LogP contribution in [0, 0.1) is 0 Å². The van der Waals surface area contributed by atoms with Crippen molar-refractivity contribution in [3.05, 3.63) is 41.0 Å². The van der Waals surface area contributed by atoms with Gasteiger partial charge in [-0.25, -0.2) is 9.59 Å². The minimum Gasteiger partial charge on any atom is -0.465 e. The normalized spacial score (nSPS) is 10.5. The van der Waals surface area contributed by atoms with Gasteiger partial charge in [-0.05, 0) is 43.2 Å². The number of carbonyl (C=O) groups is 3. The number of hydrogen-bond acceptors (Lipinski definition) is 5. The molecule has 0 aliphatic heterocycles. The maximum Gasteiger partial charge on any atom is 0.337 e. The molecule has 0 aromatic heterocycles. The fourth-order valence-electron chi connectivity index (χ4n) is 1.79. The molecule has 0 aliphatic carbocycles. The van der Waals surface area contributed by atoms with Crippen molar-refractivity contribution in [1.82, 2.24) is 0 Å². The van der Waals surface area contributed by atoms with Gasteiger partial charge < -0.3 is 9.47 Å². The van der Waals surface area contributed by atoms with Gasteiger partial charge in [0.05, 0.1) is 19.3 Å². The Morgan fingerprint density at radius 1 is 1.23 bits per heavy atom. The summed E-state index contributed by atoms with van der Waals surface area (Å²) in [7, 11) is 1.28. The largest absolute Gasteiger partial charge is 0.465 e. The summed E-state index contributed by atoms with van der Waals surface area (Å²) in [4.78, 5) is 34.7. The second kappa shape index (κ2) is 8.77. The molecule has 5 nitrogen and oxygen atoms in total. The molecule has 5 heteroatoms. The minimum atomic E-state index is -0.504. The first-order chi connectivity index (χ1) is 10.5. The Morgan fingerprint density at radius 3 is 2.55 bits per heavy atom. The van der Waals surface area contributed by atoms with Crippen molar-refractivity contribution in [1.29, 1.82) is 0 Å². The predicted octanol–water partition coefficient (Wildman–Crippen LogP) is 3.03. The van der Waals surface area contributed by atoms with Crippen molar-refractivity contribution >= 4 is 23.8 Å². The first kappa shape index (κ1) is 17.6. The molecular formula is C17H20O5. The molecule has 0 heterocycles. The lowest BCUT2D eigenvalue weighted by Crippen LogP contribution is -2.05. The topological polar surface area (TPSA) is 69.7 Å². The molecule has 0 fully saturated rings. The standard InChI is InChI=1S/C17H20O5/c1-4-5-10-22-16(19)9-7-13-11-14(17(20)21-3)6-8-15(13)12(2)18/h6-9,11H,4-5,10H2,1-3H3/b9-7+. The molecule has 0 saturated heterocycles. The van der Waals surface area contributed by atoms with Gasteiger partial charge in [0.15, 0.2) is 5.78 Å². The number of Topliss-reactive ketones (excluding diaryl/α,β-unsaturated/α-hetero) is 1. The van der Waals surface area contributed by atoms with Gasteiger partial charge in [-0.3, -0.25) is 4.79 Å².